The average Bonchev–Trinajstić information content (AvgIpc) is 3.02. The first-order valence-corrected chi connectivity index (χ1v) is 9.92. The lowest BCUT2D eigenvalue weighted by Gasteiger charge is -2.32. The van der Waals surface area contributed by atoms with Gasteiger partial charge in [0, 0.05) is 26.1 Å². The minimum Gasteiger partial charge on any atom is -0.356 e. The molecule has 2 amide bonds. The first kappa shape index (κ1) is 17.0. The molecule has 2 aliphatic heterocycles. The molecule has 0 bridgehead atoms. The lowest BCUT2D eigenvalue weighted by Crippen LogP contribution is -2.47. The summed E-state index contributed by atoms with van der Waals surface area (Å²) in [6.45, 7) is 1.63. The molecule has 1 aromatic rings. The number of nitrogens with zero attached hydrogens (tertiary/aromatic N) is 1. The van der Waals surface area contributed by atoms with E-state index in [-0.39, 0.29) is 28.9 Å². The minimum absolute atomic E-state index is 0.0287. The van der Waals surface area contributed by atoms with E-state index in [0.717, 1.165) is 12.8 Å². The summed E-state index contributed by atoms with van der Waals surface area (Å²) in [4.78, 5) is 26.4. The van der Waals surface area contributed by atoms with Gasteiger partial charge < -0.3 is 10.2 Å². The number of nitrogens with one attached hydrogen (secondary N) is 1. The van der Waals surface area contributed by atoms with Crippen molar-refractivity contribution in [2.75, 3.05) is 25.4 Å². The Labute approximate surface area is 142 Å². The third kappa shape index (κ3) is 3.31. The highest BCUT2D eigenvalue weighted by Crippen LogP contribution is 2.37. The molecule has 1 aromatic carbocycles. The summed E-state index contributed by atoms with van der Waals surface area (Å²) in [5, 5.41) is 2.88. The van der Waals surface area contributed by atoms with Crippen molar-refractivity contribution < 1.29 is 18.0 Å². The van der Waals surface area contributed by atoms with E-state index >= 15 is 0 Å². The third-order valence-corrected chi connectivity index (χ3v) is 6.72. The molecule has 24 heavy (non-hydrogen) atoms. The fraction of sp³-hybridized carbons (Fsp3) is 0.529. The summed E-state index contributed by atoms with van der Waals surface area (Å²) in [5.74, 6) is -0.364. The van der Waals surface area contributed by atoms with Crippen LogP contribution in [0.3, 0.4) is 0 Å². The number of carbonyl (C=O) groups excluding carboxylic acids is 2. The summed E-state index contributed by atoms with van der Waals surface area (Å²) >= 11 is 0. The predicted molar refractivity (Wildman–Crippen MR) is 89.0 cm³/mol. The number of hydrogen-bond donors (Lipinski definition) is 1. The molecule has 0 aliphatic carbocycles. The van der Waals surface area contributed by atoms with E-state index in [0.29, 0.717) is 26.1 Å². The molecule has 130 valence electrons. The maximum Gasteiger partial charge on any atom is 0.228 e. The maximum absolute atomic E-state index is 12.4. The zero-order valence-corrected chi connectivity index (χ0v) is 14.3. The highest BCUT2D eigenvalue weighted by Gasteiger charge is 2.46. The zero-order chi connectivity index (χ0) is 17.2. The number of rotatable bonds is 4. The molecule has 2 heterocycles. The van der Waals surface area contributed by atoms with Gasteiger partial charge in [0.25, 0.3) is 0 Å². The van der Waals surface area contributed by atoms with Crippen molar-refractivity contribution in [2.45, 2.75) is 30.6 Å². The summed E-state index contributed by atoms with van der Waals surface area (Å²) < 4.78 is 24.5. The van der Waals surface area contributed by atoms with Crippen molar-refractivity contribution in [2.24, 2.45) is 5.41 Å². The fourth-order valence-electron chi connectivity index (χ4n) is 3.53. The zero-order valence-electron chi connectivity index (χ0n) is 13.5. The van der Waals surface area contributed by atoms with Crippen molar-refractivity contribution >= 4 is 21.7 Å². The summed E-state index contributed by atoms with van der Waals surface area (Å²) in [6, 6.07) is 8.17. The molecule has 0 aromatic heterocycles. The number of amides is 2. The molecule has 7 heteroatoms. The van der Waals surface area contributed by atoms with E-state index in [1.54, 1.807) is 23.1 Å². The molecule has 1 atom stereocenters. The lowest BCUT2D eigenvalue weighted by molar-refractivity contribution is -0.134. The summed E-state index contributed by atoms with van der Waals surface area (Å²) in [5.41, 5.74) is -0.466. The molecule has 0 saturated carbocycles. The molecule has 1 N–H and O–H groups in total. The Morgan fingerprint density at radius 1 is 1.21 bits per heavy atom. The van der Waals surface area contributed by atoms with Gasteiger partial charge in [-0.1, -0.05) is 18.2 Å². The van der Waals surface area contributed by atoms with Crippen LogP contribution in [-0.4, -0.2) is 50.5 Å². The van der Waals surface area contributed by atoms with Gasteiger partial charge in [-0.05, 0) is 31.4 Å². The van der Waals surface area contributed by atoms with Gasteiger partial charge in [-0.25, -0.2) is 8.42 Å². The second-order valence-electron chi connectivity index (χ2n) is 6.59. The third-order valence-electron chi connectivity index (χ3n) is 4.99. The minimum atomic E-state index is -3.46. The standard InChI is InChI=1S/C17H22N2O4S/c20-15(7-12-24(22,23)14-5-2-1-3-6-14)19-11-9-17(13-19)8-4-10-18-16(17)21/h1-3,5-6H,4,7-13H2,(H,18,21)/t17-/m0/s1. The van der Waals surface area contributed by atoms with Crippen LogP contribution in [0.25, 0.3) is 0 Å². The van der Waals surface area contributed by atoms with Crippen LogP contribution in [0.1, 0.15) is 25.7 Å². The van der Waals surface area contributed by atoms with Gasteiger partial charge in [0.1, 0.15) is 0 Å². The fourth-order valence-corrected chi connectivity index (χ4v) is 4.78. The van der Waals surface area contributed by atoms with Crippen molar-refractivity contribution in [3.8, 4) is 0 Å². The second kappa shape index (κ2) is 6.55. The number of piperidine rings is 1. The molecular formula is C17H22N2O4S. The van der Waals surface area contributed by atoms with Gasteiger partial charge in [-0.2, -0.15) is 0 Å². The van der Waals surface area contributed by atoms with Crippen LogP contribution in [0.5, 0.6) is 0 Å². The SMILES string of the molecule is O=C(CCS(=O)(=O)c1ccccc1)N1CC[C@@]2(CCCNC2=O)C1. The first-order valence-electron chi connectivity index (χ1n) is 8.27. The van der Waals surface area contributed by atoms with E-state index in [1.807, 2.05) is 0 Å². The van der Waals surface area contributed by atoms with Crippen LogP contribution in [0.2, 0.25) is 0 Å². The molecule has 2 saturated heterocycles. The molecule has 6 nitrogen and oxygen atoms in total. The Hall–Kier alpha value is -1.89. The largest absolute Gasteiger partial charge is 0.356 e. The second-order valence-corrected chi connectivity index (χ2v) is 8.70. The van der Waals surface area contributed by atoms with Gasteiger partial charge in [0.2, 0.25) is 11.8 Å². The number of likely N-dealkylation sites (tertiary alicyclic amines) is 1. The molecule has 2 aliphatic rings. The van der Waals surface area contributed by atoms with Crippen molar-refractivity contribution in [1.29, 1.82) is 0 Å². The number of benzene rings is 1. The van der Waals surface area contributed by atoms with Crippen LogP contribution < -0.4 is 5.32 Å². The number of sulfone groups is 1. The van der Waals surface area contributed by atoms with Crippen molar-refractivity contribution in [1.82, 2.24) is 10.2 Å². The van der Waals surface area contributed by atoms with Crippen molar-refractivity contribution in [3.63, 3.8) is 0 Å². The average molecular weight is 350 g/mol. The quantitative estimate of drug-likeness (QED) is 0.877. The Morgan fingerprint density at radius 2 is 1.96 bits per heavy atom. The monoisotopic (exact) mass is 350 g/mol. The van der Waals surface area contributed by atoms with Gasteiger partial charge in [0.15, 0.2) is 9.84 Å². The first-order chi connectivity index (χ1) is 11.4. The molecule has 1 spiro atoms. The summed E-state index contributed by atoms with van der Waals surface area (Å²) in [6.07, 6.45) is 2.34. The van der Waals surface area contributed by atoms with Crippen LogP contribution >= 0.6 is 0 Å². The normalized spacial score (nSPS) is 24.2. The van der Waals surface area contributed by atoms with Gasteiger partial charge in [-0.3, -0.25) is 9.59 Å². The Bertz CT molecular complexity index is 732. The van der Waals surface area contributed by atoms with E-state index < -0.39 is 15.3 Å². The van der Waals surface area contributed by atoms with Crippen LogP contribution in [0.15, 0.2) is 35.2 Å². The smallest absolute Gasteiger partial charge is 0.228 e. The molecule has 0 radical (unpaired) electrons. The molecule has 2 fully saturated rings. The van der Waals surface area contributed by atoms with Gasteiger partial charge in [0.05, 0.1) is 16.1 Å². The Balaban J connectivity index is 1.59. The molecular weight excluding hydrogens is 328 g/mol. The Morgan fingerprint density at radius 3 is 2.67 bits per heavy atom. The maximum atomic E-state index is 12.4. The van der Waals surface area contributed by atoms with E-state index in [1.165, 1.54) is 12.1 Å². The molecule has 0 unspecified atom stereocenters. The van der Waals surface area contributed by atoms with Gasteiger partial charge >= 0.3 is 0 Å². The lowest BCUT2D eigenvalue weighted by atomic mass is 9.79. The predicted octanol–water partition coefficient (Wildman–Crippen LogP) is 0.979. The number of carbonyl (C=O) groups is 2. The van der Waals surface area contributed by atoms with Gasteiger partial charge in [-0.15, -0.1) is 0 Å². The highest BCUT2D eigenvalue weighted by molar-refractivity contribution is 7.91. The van der Waals surface area contributed by atoms with E-state index in [2.05, 4.69) is 5.32 Å². The van der Waals surface area contributed by atoms with Crippen molar-refractivity contribution in [3.05, 3.63) is 30.3 Å². The van der Waals surface area contributed by atoms with Crippen LogP contribution in [-0.2, 0) is 19.4 Å². The van der Waals surface area contributed by atoms with Crippen LogP contribution in [0, 0.1) is 5.41 Å². The molecule has 3 rings (SSSR count). The number of hydrogen-bond acceptors (Lipinski definition) is 4. The topological polar surface area (TPSA) is 83.6 Å². The van der Waals surface area contributed by atoms with Crippen LogP contribution in [0.4, 0.5) is 0 Å². The highest BCUT2D eigenvalue weighted by atomic mass is 32.2. The van der Waals surface area contributed by atoms with E-state index in [4.69, 9.17) is 0 Å². The van der Waals surface area contributed by atoms with E-state index in [9.17, 15) is 18.0 Å². The summed E-state index contributed by atoms with van der Waals surface area (Å²) in [7, 11) is -3.46. The Kier molecular flexibility index (Phi) is 4.62.